The lowest BCUT2D eigenvalue weighted by Crippen LogP contribution is -2.40. The van der Waals surface area contributed by atoms with E-state index in [2.05, 4.69) is 16.9 Å². The molecule has 0 saturated heterocycles. The molecule has 0 spiro atoms. The molecule has 2 heterocycles. The molecule has 0 radical (unpaired) electrons. The normalized spacial score (nSPS) is 15.8. The van der Waals surface area contributed by atoms with Crippen LogP contribution in [-0.4, -0.2) is 40.5 Å². The zero-order valence-corrected chi connectivity index (χ0v) is 14.8. The van der Waals surface area contributed by atoms with Gasteiger partial charge in [-0.3, -0.25) is 4.79 Å². The molecular weight excluding hydrogens is 310 g/mol. The fourth-order valence-electron chi connectivity index (χ4n) is 3.16. The Morgan fingerprint density at radius 1 is 1.30 bits per heavy atom. The third-order valence-electron chi connectivity index (χ3n) is 4.78. The standard InChI is InChI=1S/C17H23N3O2S/c1-11-12(2)23-17-15(11)16(18-10-19-17)22-9-14(21)20(3)13-7-5-4-6-8-13/h10,13H,4-9H2,1-3H3. The van der Waals surface area contributed by atoms with Crippen LogP contribution in [0.25, 0.3) is 10.2 Å². The van der Waals surface area contributed by atoms with Gasteiger partial charge in [0.2, 0.25) is 5.88 Å². The van der Waals surface area contributed by atoms with Crippen molar-refractivity contribution >= 4 is 27.5 Å². The van der Waals surface area contributed by atoms with Crippen LogP contribution in [0.15, 0.2) is 6.33 Å². The van der Waals surface area contributed by atoms with E-state index in [0.717, 1.165) is 28.6 Å². The number of carbonyl (C=O) groups excluding carboxylic acids is 1. The fraction of sp³-hybridized carbons (Fsp3) is 0.588. The number of hydrogen-bond donors (Lipinski definition) is 0. The highest BCUT2D eigenvalue weighted by Gasteiger charge is 2.23. The topological polar surface area (TPSA) is 55.3 Å². The highest BCUT2D eigenvalue weighted by molar-refractivity contribution is 7.18. The number of amides is 1. The lowest BCUT2D eigenvalue weighted by molar-refractivity contribution is -0.134. The van der Waals surface area contributed by atoms with Crippen LogP contribution in [0.1, 0.15) is 42.5 Å². The molecule has 0 N–H and O–H groups in total. The summed E-state index contributed by atoms with van der Waals surface area (Å²) in [6.07, 6.45) is 7.41. The summed E-state index contributed by atoms with van der Waals surface area (Å²) in [4.78, 5) is 24.9. The second kappa shape index (κ2) is 6.83. The first kappa shape index (κ1) is 16.2. The number of nitrogens with zero attached hydrogens (tertiary/aromatic N) is 3. The third kappa shape index (κ3) is 3.32. The summed E-state index contributed by atoms with van der Waals surface area (Å²) in [6.45, 7) is 4.14. The quantitative estimate of drug-likeness (QED) is 0.859. The molecule has 0 bridgehead atoms. The Kier molecular flexibility index (Phi) is 4.80. The Labute approximate surface area is 140 Å². The maximum atomic E-state index is 12.4. The summed E-state index contributed by atoms with van der Waals surface area (Å²) in [5, 5.41) is 0.933. The van der Waals surface area contributed by atoms with Crippen molar-refractivity contribution < 1.29 is 9.53 Å². The Morgan fingerprint density at radius 3 is 2.78 bits per heavy atom. The van der Waals surface area contributed by atoms with Crippen LogP contribution in [0.4, 0.5) is 0 Å². The lowest BCUT2D eigenvalue weighted by Gasteiger charge is -2.31. The van der Waals surface area contributed by atoms with Gasteiger partial charge < -0.3 is 9.64 Å². The molecule has 1 aliphatic carbocycles. The third-order valence-corrected chi connectivity index (χ3v) is 5.89. The molecule has 1 saturated carbocycles. The molecule has 1 aliphatic rings. The number of hydrogen-bond acceptors (Lipinski definition) is 5. The number of aromatic nitrogens is 2. The second-order valence-electron chi connectivity index (χ2n) is 6.23. The van der Waals surface area contributed by atoms with Crippen molar-refractivity contribution in [3.8, 4) is 5.88 Å². The summed E-state index contributed by atoms with van der Waals surface area (Å²) in [5.41, 5.74) is 1.13. The summed E-state index contributed by atoms with van der Waals surface area (Å²) >= 11 is 1.63. The van der Waals surface area contributed by atoms with Gasteiger partial charge >= 0.3 is 0 Å². The first-order valence-corrected chi connectivity index (χ1v) is 8.98. The Morgan fingerprint density at radius 2 is 2.04 bits per heavy atom. The largest absolute Gasteiger partial charge is 0.467 e. The van der Waals surface area contributed by atoms with Crippen molar-refractivity contribution in [1.82, 2.24) is 14.9 Å². The van der Waals surface area contributed by atoms with Crippen LogP contribution in [0, 0.1) is 13.8 Å². The average Bonchev–Trinajstić information content (AvgIpc) is 2.88. The van der Waals surface area contributed by atoms with Gasteiger partial charge in [0.05, 0.1) is 5.39 Å². The van der Waals surface area contributed by atoms with Crippen molar-refractivity contribution in [1.29, 1.82) is 0 Å². The number of rotatable bonds is 4. The molecule has 5 nitrogen and oxygen atoms in total. The molecule has 3 rings (SSSR count). The van der Waals surface area contributed by atoms with Gasteiger partial charge in [0.1, 0.15) is 11.2 Å². The van der Waals surface area contributed by atoms with Crippen LogP contribution in [0.5, 0.6) is 5.88 Å². The van der Waals surface area contributed by atoms with Crippen LogP contribution in [-0.2, 0) is 4.79 Å². The summed E-state index contributed by atoms with van der Waals surface area (Å²) in [5.74, 6) is 0.538. The highest BCUT2D eigenvalue weighted by Crippen LogP contribution is 2.33. The van der Waals surface area contributed by atoms with Crippen molar-refractivity contribution in [2.75, 3.05) is 13.7 Å². The van der Waals surface area contributed by atoms with Crippen molar-refractivity contribution in [3.63, 3.8) is 0 Å². The van der Waals surface area contributed by atoms with Gasteiger partial charge in [-0.1, -0.05) is 19.3 Å². The second-order valence-corrected chi connectivity index (χ2v) is 7.43. The average molecular weight is 333 g/mol. The minimum atomic E-state index is 0.0215. The molecule has 1 amide bonds. The summed E-state index contributed by atoms with van der Waals surface area (Å²) < 4.78 is 5.75. The van der Waals surface area contributed by atoms with E-state index in [4.69, 9.17) is 4.74 Å². The van der Waals surface area contributed by atoms with Gasteiger partial charge in [-0.2, -0.15) is 0 Å². The first-order valence-electron chi connectivity index (χ1n) is 8.17. The Bertz CT molecular complexity index is 707. The van der Waals surface area contributed by atoms with E-state index in [9.17, 15) is 4.79 Å². The molecule has 0 unspecified atom stereocenters. The molecule has 1 fully saturated rings. The van der Waals surface area contributed by atoms with Gasteiger partial charge in [-0.05, 0) is 32.3 Å². The fourth-order valence-corrected chi connectivity index (χ4v) is 4.15. The predicted octanol–water partition coefficient (Wildman–Crippen LogP) is 3.48. The van der Waals surface area contributed by atoms with Crippen molar-refractivity contribution in [2.24, 2.45) is 0 Å². The molecule has 0 aromatic carbocycles. The number of carbonyl (C=O) groups is 1. The van der Waals surface area contributed by atoms with E-state index in [1.165, 1.54) is 30.5 Å². The number of aryl methyl sites for hydroxylation is 2. The number of fused-ring (bicyclic) bond motifs is 1. The van der Waals surface area contributed by atoms with E-state index in [1.807, 2.05) is 18.9 Å². The molecule has 0 aliphatic heterocycles. The van der Waals surface area contributed by atoms with Gasteiger partial charge in [0, 0.05) is 18.0 Å². The van der Waals surface area contributed by atoms with Crippen LogP contribution < -0.4 is 4.74 Å². The van der Waals surface area contributed by atoms with E-state index in [-0.39, 0.29) is 12.5 Å². The lowest BCUT2D eigenvalue weighted by atomic mass is 9.94. The van der Waals surface area contributed by atoms with Crippen LogP contribution in [0.2, 0.25) is 0 Å². The van der Waals surface area contributed by atoms with Gasteiger partial charge in [0.25, 0.3) is 5.91 Å². The number of thiophene rings is 1. The van der Waals surface area contributed by atoms with E-state index in [0.29, 0.717) is 11.9 Å². The van der Waals surface area contributed by atoms with Crippen molar-refractivity contribution in [3.05, 3.63) is 16.8 Å². The van der Waals surface area contributed by atoms with Gasteiger partial charge in [-0.25, -0.2) is 9.97 Å². The number of ether oxygens (including phenoxy) is 1. The minimum Gasteiger partial charge on any atom is -0.467 e. The van der Waals surface area contributed by atoms with E-state index < -0.39 is 0 Å². The zero-order chi connectivity index (χ0) is 16.4. The van der Waals surface area contributed by atoms with Crippen LogP contribution >= 0.6 is 11.3 Å². The molecule has 2 aromatic rings. The molecule has 6 heteroatoms. The summed E-state index contributed by atoms with van der Waals surface area (Å²) in [6, 6.07) is 0.357. The zero-order valence-electron chi connectivity index (χ0n) is 14.0. The molecule has 0 atom stereocenters. The highest BCUT2D eigenvalue weighted by atomic mass is 32.1. The monoisotopic (exact) mass is 333 g/mol. The van der Waals surface area contributed by atoms with E-state index >= 15 is 0 Å². The SMILES string of the molecule is Cc1sc2ncnc(OCC(=O)N(C)C3CCCCC3)c2c1C. The van der Waals surface area contributed by atoms with E-state index in [1.54, 1.807) is 11.3 Å². The maximum Gasteiger partial charge on any atom is 0.260 e. The Hall–Kier alpha value is -1.69. The molecule has 23 heavy (non-hydrogen) atoms. The maximum absolute atomic E-state index is 12.4. The molecule has 2 aromatic heterocycles. The number of likely N-dealkylation sites (N-methyl/N-ethyl adjacent to an activating group) is 1. The smallest absolute Gasteiger partial charge is 0.260 e. The predicted molar refractivity (Wildman–Crippen MR) is 92.0 cm³/mol. The minimum absolute atomic E-state index is 0.0215. The summed E-state index contributed by atoms with van der Waals surface area (Å²) in [7, 11) is 1.89. The molecule has 124 valence electrons. The van der Waals surface area contributed by atoms with Crippen LogP contribution in [0.3, 0.4) is 0 Å². The van der Waals surface area contributed by atoms with Gasteiger partial charge in [-0.15, -0.1) is 11.3 Å². The molecular formula is C17H23N3O2S. The first-order chi connectivity index (χ1) is 11.1. The Balaban J connectivity index is 1.69. The van der Waals surface area contributed by atoms with Crippen molar-refractivity contribution in [2.45, 2.75) is 52.0 Å². The van der Waals surface area contributed by atoms with Gasteiger partial charge in [0.15, 0.2) is 6.61 Å².